The molecule has 8 aromatic rings. The van der Waals surface area contributed by atoms with E-state index in [9.17, 15) is 9.59 Å². The fourth-order valence-electron chi connectivity index (χ4n) is 7.95. The van der Waals surface area contributed by atoms with Crippen LogP contribution in [0, 0.1) is 0 Å². The van der Waals surface area contributed by atoms with Crippen molar-refractivity contribution >= 4 is 56.1 Å². The third-order valence-corrected chi connectivity index (χ3v) is 10.5. The highest BCUT2D eigenvalue weighted by atomic mass is 16.2. The quantitative estimate of drug-likeness (QED) is 0.131. The molecular formula is C47H34N4O2. The van der Waals surface area contributed by atoms with Crippen molar-refractivity contribution in [2.75, 3.05) is 22.1 Å². The first-order valence-corrected chi connectivity index (χ1v) is 17.5. The van der Waals surface area contributed by atoms with Gasteiger partial charge in [0.05, 0.1) is 5.41 Å². The van der Waals surface area contributed by atoms with Crippen LogP contribution in [0.15, 0.2) is 170 Å². The molecule has 0 heterocycles. The summed E-state index contributed by atoms with van der Waals surface area (Å²) >= 11 is 0. The van der Waals surface area contributed by atoms with E-state index in [0.29, 0.717) is 33.9 Å². The lowest BCUT2D eigenvalue weighted by atomic mass is 9.67. The van der Waals surface area contributed by atoms with Crippen molar-refractivity contribution < 1.29 is 9.59 Å². The third kappa shape index (κ3) is 5.27. The van der Waals surface area contributed by atoms with Crippen molar-refractivity contribution in [3.8, 4) is 11.1 Å². The molecular weight excluding hydrogens is 653 g/mol. The second-order valence-electron chi connectivity index (χ2n) is 13.5. The van der Waals surface area contributed by atoms with E-state index in [0.717, 1.165) is 54.9 Å². The average molecular weight is 687 g/mol. The second kappa shape index (κ2) is 12.5. The maximum absolute atomic E-state index is 13.5. The summed E-state index contributed by atoms with van der Waals surface area (Å²) in [4.78, 5) is 27.1. The molecule has 8 aromatic carbocycles. The predicted molar refractivity (Wildman–Crippen MR) is 216 cm³/mol. The third-order valence-electron chi connectivity index (χ3n) is 10.5. The molecule has 0 saturated heterocycles. The number of carbonyl (C=O) groups is 2. The normalized spacial score (nSPS) is 12.6. The fourth-order valence-corrected chi connectivity index (χ4v) is 7.95. The molecule has 0 spiro atoms. The number of nitrogens with one attached hydrogen (secondary N) is 2. The van der Waals surface area contributed by atoms with Crippen LogP contribution in [-0.2, 0) is 5.41 Å². The van der Waals surface area contributed by atoms with Gasteiger partial charge in [0.15, 0.2) is 0 Å². The van der Waals surface area contributed by atoms with E-state index in [2.05, 4.69) is 59.2 Å². The van der Waals surface area contributed by atoms with E-state index in [1.807, 2.05) is 121 Å². The van der Waals surface area contributed by atoms with Crippen molar-refractivity contribution in [3.63, 3.8) is 0 Å². The summed E-state index contributed by atoms with van der Waals surface area (Å²) in [7, 11) is 0. The SMILES string of the molecule is Nc1cccc2cc(NC(=O)c3ccc(C4(c5ccc(C(=O)Nc6ccc7c(N)cccc7c6)cc5)c5ccccc5-c5ccccc54)cc3)ccc12. The highest BCUT2D eigenvalue weighted by Gasteiger charge is 2.45. The van der Waals surface area contributed by atoms with Gasteiger partial charge in [-0.1, -0.05) is 109 Å². The first-order valence-electron chi connectivity index (χ1n) is 17.5. The van der Waals surface area contributed by atoms with E-state index < -0.39 is 5.41 Å². The van der Waals surface area contributed by atoms with Gasteiger partial charge in [-0.2, -0.15) is 0 Å². The van der Waals surface area contributed by atoms with Gasteiger partial charge in [0.25, 0.3) is 11.8 Å². The fraction of sp³-hybridized carbons (Fsp3) is 0.0213. The molecule has 1 aliphatic rings. The summed E-state index contributed by atoms with van der Waals surface area (Å²) in [5.41, 5.74) is 22.1. The predicted octanol–water partition coefficient (Wildman–Crippen LogP) is 10.0. The molecule has 6 nitrogen and oxygen atoms in total. The Morgan fingerprint density at radius 3 is 1.28 bits per heavy atom. The Kier molecular flexibility index (Phi) is 7.52. The Hall–Kier alpha value is -7.18. The lowest BCUT2D eigenvalue weighted by Crippen LogP contribution is -2.29. The smallest absolute Gasteiger partial charge is 0.255 e. The molecule has 9 rings (SSSR count). The zero-order valence-electron chi connectivity index (χ0n) is 28.6. The molecule has 2 amide bonds. The Morgan fingerprint density at radius 2 is 0.849 bits per heavy atom. The van der Waals surface area contributed by atoms with Crippen LogP contribution in [0.3, 0.4) is 0 Å². The number of anilines is 4. The number of hydrogen-bond acceptors (Lipinski definition) is 4. The molecule has 6 N–H and O–H groups in total. The Bertz CT molecular complexity index is 2550. The van der Waals surface area contributed by atoms with Crippen LogP contribution in [0.2, 0.25) is 0 Å². The molecule has 0 saturated carbocycles. The molecule has 0 aliphatic heterocycles. The van der Waals surface area contributed by atoms with E-state index in [1.165, 1.54) is 0 Å². The number of rotatable bonds is 6. The molecule has 6 heteroatoms. The highest BCUT2D eigenvalue weighted by Crippen LogP contribution is 2.56. The molecule has 254 valence electrons. The number of hydrogen-bond donors (Lipinski definition) is 4. The van der Waals surface area contributed by atoms with Gasteiger partial charge in [-0.05, 0) is 105 Å². The van der Waals surface area contributed by atoms with Gasteiger partial charge in [0.2, 0.25) is 0 Å². The summed E-state index contributed by atoms with van der Waals surface area (Å²) in [5.74, 6) is -0.405. The molecule has 53 heavy (non-hydrogen) atoms. The van der Waals surface area contributed by atoms with Gasteiger partial charge in [-0.15, -0.1) is 0 Å². The van der Waals surface area contributed by atoms with Crippen LogP contribution in [0.25, 0.3) is 32.7 Å². The highest BCUT2D eigenvalue weighted by molar-refractivity contribution is 6.07. The topological polar surface area (TPSA) is 110 Å². The van der Waals surface area contributed by atoms with Crippen LogP contribution >= 0.6 is 0 Å². The maximum Gasteiger partial charge on any atom is 0.255 e. The first kappa shape index (κ1) is 31.8. The summed E-state index contributed by atoms with van der Waals surface area (Å²) in [6, 6.07) is 55.6. The van der Waals surface area contributed by atoms with Crippen LogP contribution < -0.4 is 22.1 Å². The molecule has 0 aromatic heterocycles. The maximum atomic E-state index is 13.5. The van der Waals surface area contributed by atoms with E-state index in [1.54, 1.807) is 0 Å². The largest absolute Gasteiger partial charge is 0.398 e. The van der Waals surface area contributed by atoms with Gasteiger partial charge >= 0.3 is 0 Å². The van der Waals surface area contributed by atoms with Gasteiger partial charge in [0.1, 0.15) is 0 Å². The molecule has 1 aliphatic carbocycles. The van der Waals surface area contributed by atoms with Crippen molar-refractivity contribution in [1.82, 2.24) is 0 Å². The van der Waals surface area contributed by atoms with E-state index in [-0.39, 0.29) is 11.8 Å². The molecule has 0 fully saturated rings. The standard InChI is InChI=1S/C47H34N4O2/c48-43-13-5-7-31-27-35(23-25-37(31)43)50-45(52)29-15-19-33(20-16-29)47(41-11-3-1-9-39(41)40-10-2-4-12-42(40)47)34-21-17-30(18-22-34)46(53)51-36-24-26-38-32(28-36)8-6-14-44(38)49/h1-28H,48-49H2,(H,50,52)(H,51,53). The molecule has 0 bridgehead atoms. The first-order chi connectivity index (χ1) is 25.9. The van der Waals surface area contributed by atoms with Crippen LogP contribution in [0.4, 0.5) is 22.7 Å². The summed E-state index contributed by atoms with van der Waals surface area (Å²) < 4.78 is 0. The second-order valence-corrected chi connectivity index (χ2v) is 13.5. The number of benzene rings is 8. The summed E-state index contributed by atoms with van der Waals surface area (Å²) in [6.45, 7) is 0. The van der Waals surface area contributed by atoms with Gasteiger partial charge in [0, 0.05) is 44.6 Å². The van der Waals surface area contributed by atoms with Gasteiger partial charge in [-0.3, -0.25) is 9.59 Å². The molecule has 0 radical (unpaired) electrons. The van der Waals surface area contributed by atoms with Crippen LogP contribution in [0.5, 0.6) is 0 Å². The van der Waals surface area contributed by atoms with Crippen molar-refractivity contribution in [2.24, 2.45) is 0 Å². The number of nitrogens with two attached hydrogens (primary N) is 2. The van der Waals surface area contributed by atoms with Crippen LogP contribution in [0.1, 0.15) is 43.0 Å². The number of amides is 2. The van der Waals surface area contributed by atoms with Crippen molar-refractivity contribution in [3.05, 3.63) is 203 Å². The van der Waals surface area contributed by atoms with E-state index >= 15 is 0 Å². The lowest BCUT2D eigenvalue weighted by molar-refractivity contribution is 0.101. The van der Waals surface area contributed by atoms with E-state index in [4.69, 9.17) is 11.5 Å². The van der Waals surface area contributed by atoms with Gasteiger partial charge in [-0.25, -0.2) is 0 Å². The Morgan fingerprint density at radius 1 is 0.434 bits per heavy atom. The van der Waals surface area contributed by atoms with Gasteiger partial charge < -0.3 is 22.1 Å². The summed E-state index contributed by atoms with van der Waals surface area (Å²) in [6.07, 6.45) is 0. The average Bonchev–Trinajstić information content (AvgIpc) is 3.49. The van der Waals surface area contributed by atoms with Crippen molar-refractivity contribution in [2.45, 2.75) is 5.41 Å². The Labute approximate surface area is 306 Å². The minimum absolute atomic E-state index is 0.202. The van der Waals surface area contributed by atoms with Crippen LogP contribution in [-0.4, -0.2) is 11.8 Å². The minimum Gasteiger partial charge on any atom is -0.398 e. The number of carbonyl (C=O) groups excluding carboxylic acids is 2. The zero-order valence-corrected chi connectivity index (χ0v) is 28.6. The molecule has 0 atom stereocenters. The van der Waals surface area contributed by atoms with Crippen molar-refractivity contribution in [1.29, 1.82) is 0 Å². The number of nitrogen functional groups attached to an aromatic ring is 2. The lowest BCUT2D eigenvalue weighted by Gasteiger charge is -2.34. The Balaban J connectivity index is 1.07. The monoisotopic (exact) mass is 686 g/mol. The summed E-state index contributed by atoms with van der Waals surface area (Å²) in [5, 5.41) is 9.92. The minimum atomic E-state index is -0.687. The zero-order chi connectivity index (χ0) is 36.1. The molecule has 0 unspecified atom stereocenters. The number of fused-ring (bicyclic) bond motifs is 5.